The molecule has 0 N–H and O–H groups in total. The first-order chi connectivity index (χ1) is 31.4. The van der Waals surface area contributed by atoms with Crippen LogP contribution in [-0.2, 0) is 4.74 Å². The van der Waals surface area contributed by atoms with Gasteiger partial charge in [-0.2, -0.15) is 0 Å². The van der Waals surface area contributed by atoms with E-state index in [0.717, 1.165) is 45.3 Å². The Morgan fingerprint density at radius 3 is 1.33 bits per heavy atom. The van der Waals surface area contributed by atoms with E-state index in [4.69, 9.17) is 9.47 Å². The van der Waals surface area contributed by atoms with Crippen molar-refractivity contribution in [1.82, 2.24) is 19.6 Å². The second-order valence-electron chi connectivity index (χ2n) is 19.6. The average Bonchev–Trinajstić information content (AvgIpc) is 3.72. The van der Waals surface area contributed by atoms with Gasteiger partial charge < -0.3 is 29.1 Å². The fourth-order valence-corrected chi connectivity index (χ4v) is 9.05. The molecule has 0 amide bonds. The van der Waals surface area contributed by atoms with Crippen LogP contribution in [0.3, 0.4) is 0 Å². The number of morpholine rings is 1. The zero-order valence-electron chi connectivity index (χ0n) is 43.0. The molecule has 4 saturated heterocycles. The van der Waals surface area contributed by atoms with Gasteiger partial charge in [0, 0.05) is 76.8 Å². The van der Waals surface area contributed by atoms with Gasteiger partial charge in [-0.3, -0.25) is 9.80 Å². The topological polar surface area (TPSA) is 37.9 Å². The van der Waals surface area contributed by atoms with Gasteiger partial charge in [0.05, 0.1) is 26.5 Å². The summed E-state index contributed by atoms with van der Waals surface area (Å²) >= 11 is 0. The molecule has 0 atom stereocenters. The average molecular weight is 891 g/mol. The molecule has 0 aromatic heterocycles. The first-order valence-electron chi connectivity index (χ1n) is 27.0. The van der Waals surface area contributed by atoms with Gasteiger partial charge in [-0.25, -0.2) is 0 Å². The number of unbranched alkanes of at least 4 members (excludes halogenated alkanes) is 18. The number of ether oxygens (including phenoxy) is 2. The van der Waals surface area contributed by atoms with E-state index in [9.17, 15) is 0 Å². The van der Waals surface area contributed by atoms with Gasteiger partial charge >= 0.3 is 0 Å². The Labute approximate surface area is 396 Å². The largest absolute Gasteiger partial charge is 0.494 e. The van der Waals surface area contributed by atoms with Crippen LogP contribution in [0.15, 0.2) is 48.5 Å². The summed E-state index contributed by atoms with van der Waals surface area (Å²) in [5.74, 6) is 0.993. The summed E-state index contributed by atoms with van der Waals surface area (Å²) in [6.45, 7) is 23.7. The van der Waals surface area contributed by atoms with Gasteiger partial charge in [-0.15, -0.1) is 0 Å². The highest BCUT2D eigenvalue weighted by atomic mass is 16.5. The lowest BCUT2D eigenvalue weighted by Gasteiger charge is -2.32. The summed E-state index contributed by atoms with van der Waals surface area (Å²) in [5, 5.41) is 0. The molecule has 0 spiro atoms. The third-order valence-corrected chi connectivity index (χ3v) is 13.5. The number of likely N-dealkylation sites (N-methyl/N-ethyl adjacent to an activating group) is 3. The highest BCUT2D eigenvalue weighted by Gasteiger charge is 2.14. The quantitative estimate of drug-likeness (QED) is 0.0913. The van der Waals surface area contributed by atoms with Crippen LogP contribution in [0.1, 0.15) is 167 Å². The summed E-state index contributed by atoms with van der Waals surface area (Å²) < 4.78 is 11.3. The summed E-state index contributed by atoms with van der Waals surface area (Å²) in [7, 11) is 6.52. The fourth-order valence-electron chi connectivity index (χ4n) is 9.05. The van der Waals surface area contributed by atoms with Crippen molar-refractivity contribution < 1.29 is 9.47 Å². The standard InChI is InChI=1S/C22H37NO2.C17H36N2.C12H17N.C5H12N2/c1-2-3-4-5-6-7-8-9-10-11-18-25-22-14-12-21(13-15-22)23-16-19-24-20-17-23;1-3-4-5-6-7-8-9-10-11-12-13-19-16-14-18(2)15-17-19;1-11-5-7-12(8-6-11)13-9-3-2-4-10-13;1-6-3-4-7(2)5-6/h12-15H,2-11,16-20H2,1H3;3-17H2,1-2H3;5-8H,2-4,9-10H2,1H3;3-5H2,1-2H3. The predicted octanol–water partition coefficient (Wildman–Crippen LogP) is 12.8. The first-order valence-corrected chi connectivity index (χ1v) is 27.0. The number of piperazine rings is 1. The summed E-state index contributed by atoms with van der Waals surface area (Å²) in [6, 6.07) is 17.4. The highest BCUT2D eigenvalue weighted by molar-refractivity contribution is 5.49. The third kappa shape index (κ3) is 28.0. The maximum absolute atomic E-state index is 5.88. The van der Waals surface area contributed by atoms with Gasteiger partial charge in [0.25, 0.3) is 0 Å². The normalized spacial score (nSPS) is 17.5. The van der Waals surface area contributed by atoms with Gasteiger partial charge in [-0.05, 0) is 103 Å². The summed E-state index contributed by atoms with van der Waals surface area (Å²) in [6.07, 6.45) is 32.2. The molecule has 64 heavy (non-hydrogen) atoms. The number of benzene rings is 2. The minimum Gasteiger partial charge on any atom is -0.494 e. The lowest BCUT2D eigenvalue weighted by molar-refractivity contribution is 0.122. The molecule has 8 nitrogen and oxygen atoms in total. The molecule has 0 radical (unpaired) electrons. The zero-order chi connectivity index (χ0) is 45.7. The minimum atomic E-state index is 0.830. The summed E-state index contributed by atoms with van der Waals surface area (Å²) in [4.78, 5) is 14.6. The number of nitrogens with zero attached hydrogens (tertiary/aromatic N) is 6. The Hall–Kier alpha value is -2.36. The van der Waals surface area contributed by atoms with Crippen LogP contribution in [0.2, 0.25) is 0 Å². The molecule has 6 rings (SSSR count). The Kier molecular flexibility index (Phi) is 33.0. The Morgan fingerprint density at radius 2 is 0.859 bits per heavy atom. The summed E-state index contributed by atoms with van der Waals surface area (Å²) in [5.41, 5.74) is 4.01. The van der Waals surface area contributed by atoms with Crippen LogP contribution in [0.25, 0.3) is 0 Å². The highest BCUT2D eigenvalue weighted by Crippen LogP contribution is 2.22. The zero-order valence-corrected chi connectivity index (χ0v) is 43.0. The molecular formula is C56H102N6O2. The molecule has 368 valence electrons. The molecule has 2 aromatic carbocycles. The first kappa shape index (κ1) is 56.0. The third-order valence-electron chi connectivity index (χ3n) is 13.5. The molecule has 2 aromatic rings. The molecular weight excluding hydrogens is 789 g/mol. The monoisotopic (exact) mass is 891 g/mol. The molecule has 0 aliphatic carbocycles. The van der Waals surface area contributed by atoms with E-state index >= 15 is 0 Å². The van der Waals surface area contributed by atoms with E-state index in [2.05, 4.69) is 120 Å². The smallest absolute Gasteiger partial charge is 0.119 e. The molecule has 8 heteroatoms. The van der Waals surface area contributed by atoms with E-state index in [1.807, 2.05) is 0 Å². The molecule has 0 saturated carbocycles. The van der Waals surface area contributed by atoms with Crippen LogP contribution in [-0.4, -0.2) is 139 Å². The number of hydrogen-bond donors (Lipinski definition) is 0. The number of anilines is 2. The van der Waals surface area contributed by atoms with Crippen LogP contribution in [0, 0.1) is 6.92 Å². The maximum atomic E-state index is 5.88. The van der Waals surface area contributed by atoms with Crippen LogP contribution < -0.4 is 14.5 Å². The van der Waals surface area contributed by atoms with E-state index in [1.54, 1.807) is 0 Å². The van der Waals surface area contributed by atoms with Gasteiger partial charge in [-0.1, -0.05) is 147 Å². The second-order valence-corrected chi connectivity index (χ2v) is 19.6. The van der Waals surface area contributed by atoms with E-state index in [-0.39, 0.29) is 0 Å². The van der Waals surface area contributed by atoms with Gasteiger partial charge in [0.2, 0.25) is 0 Å². The van der Waals surface area contributed by atoms with E-state index in [0.29, 0.717) is 0 Å². The Balaban J connectivity index is 0.000000245. The lowest BCUT2D eigenvalue weighted by atomic mass is 10.1. The van der Waals surface area contributed by atoms with Crippen molar-refractivity contribution in [3.05, 3.63) is 54.1 Å². The number of rotatable bonds is 25. The fraction of sp³-hybridized carbons (Fsp3) is 0.786. The number of piperidine rings is 1. The Morgan fingerprint density at radius 1 is 0.438 bits per heavy atom. The van der Waals surface area contributed by atoms with Crippen molar-refractivity contribution in [2.24, 2.45) is 0 Å². The van der Waals surface area contributed by atoms with Crippen LogP contribution in [0.4, 0.5) is 11.4 Å². The predicted molar refractivity (Wildman–Crippen MR) is 280 cm³/mol. The van der Waals surface area contributed by atoms with Crippen molar-refractivity contribution >= 4 is 11.4 Å². The second kappa shape index (κ2) is 37.7. The maximum Gasteiger partial charge on any atom is 0.119 e. The van der Waals surface area contributed by atoms with E-state index in [1.165, 1.54) is 224 Å². The molecule has 0 unspecified atom stereocenters. The molecule has 4 fully saturated rings. The Bertz CT molecular complexity index is 1300. The number of hydrogen-bond acceptors (Lipinski definition) is 8. The SMILES string of the molecule is CCCCCCCCCCCCN1CCN(C)CC1.CCCCCCCCCCCCOc1ccc(N2CCOCC2)cc1.CN1CCN(C)C1.Cc1ccc(N2CCCCC2)cc1. The van der Waals surface area contributed by atoms with Gasteiger partial charge in [0.15, 0.2) is 0 Å². The number of aryl methyl sites for hydroxylation is 1. The van der Waals surface area contributed by atoms with Crippen molar-refractivity contribution in [1.29, 1.82) is 0 Å². The van der Waals surface area contributed by atoms with Gasteiger partial charge in [0.1, 0.15) is 5.75 Å². The molecule has 4 aliphatic heterocycles. The van der Waals surface area contributed by atoms with Crippen LogP contribution in [0.5, 0.6) is 5.75 Å². The van der Waals surface area contributed by atoms with Crippen LogP contribution >= 0.6 is 0 Å². The lowest BCUT2D eigenvalue weighted by Crippen LogP contribution is -2.44. The molecule has 0 bridgehead atoms. The van der Waals surface area contributed by atoms with Crippen molar-refractivity contribution in [2.45, 2.75) is 168 Å². The van der Waals surface area contributed by atoms with Crippen molar-refractivity contribution in [3.8, 4) is 5.75 Å². The molecule has 4 heterocycles. The molecule has 4 aliphatic rings. The van der Waals surface area contributed by atoms with Crippen molar-refractivity contribution in [3.63, 3.8) is 0 Å². The van der Waals surface area contributed by atoms with Crippen molar-refractivity contribution in [2.75, 3.05) is 129 Å². The van der Waals surface area contributed by atoms with E-state index < -0.39 is 0 Å². The minimum absolute atomic E-state index is 0.830.